The summed E-state index contributed by atoms with van der Waals surface area (Å²) in [5.41, 5.74) is 1.98. The van der Waals surface area contributed by atoms with Crippen molar-refractivity contribution in [2.24, 2.45) is 0 Å². The van der Waals surface area contributed by atoms with E-state index in [2.05, 4.69) is 5.32 Å². The lowest BCUT2D eigenvalue weighted by atomic mass is 10.1. The summed E-state index contributed by atoms with van der Waals surface area (Å²) >= 11 is 0. The van der Waals surface area contributed by atoms with Gasteiger partial charge in [0.15, 0.2) is 5.78 Å². The molecule has 0 heterocycles. The Morgan fingerprint density at radius 3 is 1.95 bits per heavy atom. The first-order chi connectivity index (χ1) is 9.60. The Labute approximate surface area is 117 Å². The van der Waals surface area contributed by atoms with E-state index in [1.54, 1.807) is 48.5 Å². The van der Waals surface area contributed by atoms with Gasteiger partial charge in [0.05, 0.1) is 5.56 Å². The van der Waals surface area contributed by atoms with E-state index in [0.29, 0.717) is 16.9 Å². The van der Waals surface area contributed by atoms with Crippen LogP contribution in [0, 0.1) is 0 Å². The fraction of sp³-hybridized carbons (Fsp3) is 0.125. The third-order valence-electron chi connectivity index (χ3n) is 2.88. The number of rotatable bonds is 4. The van der Waals surface area contributed by atoms with Gasteiger partial charge in [-0.05, 0) is 55.5 Å². The molecule has 0 aliphatic rings. The van der Waals surface area contributed by atoms with Gasteiger partial charge >= 0.3 is 5.97 Å². The molecule has 20 heavy (non-hydrogen) atoms. The summed E-state index contributed by atoms with van der Waals surface area (Å²) in [6, 6.07) is 13.5. The number of hydrogen-bond acceptors (Lipinski definition) is 4. The number of carbonyl (C=O) groups excluding carboxylic acids is 2. The Balaban J connectivity index is 2.08. The Morgan fingerprint density at radius 1 is 0.900 bits per heavy atom. The number of ether oxygens (including phenoxy) is 1. The molecule has 2 rings (SSSR count). The molecule has 0 saturated carbocycles. The summed E-state index contributed by atoms with van der Waals surface area (Å²) in [7, 11) is 1.81. The predicted molar refractivity (Wildman–Crippen MR) is 77.4 cm³/mol. The summed E-state index contributed by atoms with van der Waals surface area (Å²) in [6.45, 7) is 1.49. The lowest BCUT2D eigenvalue weighted by Gasteiger charge is -2.06. The van der Waals surface area contributed by atoms with Crippen LogP contribution in [0.15, 0.2) is 48.5 Å². The number of carbonyl (C=O) groups is 2. The van der Waals surface area contributed by atoms with Crippen LogP contribution in [0.1, 0.15) is 27.6 Å². The summed E-state index contributed by atoms with van der Waals surface area (Å²) < 4.78 is 5.24. The largest absolute Gasteiger partial charge is 0.423 e. The fourth-order valence-electron chi connectivity index (χ4n) is 1.70. The topological polar surface area (TPSA) is 55.4 Å². The number of Topliss-reactive ketones (excluding diaryl/α,β-unsaturated/α-hetero) is 1. The Morgan fingerprint density at radius 2 is 1.45 bits per heavy atom. The SMILES string of the molecule is CNc1ccc(C(=O)Oc2ccc(C(C)=O)cc2)cc1. The lowest BCUT2D eigenvalue weighted by molar-refractivity contribution is 0.0734. The van der Waals surface area contributed by atoms with E-state index in [1.165, 1.54) is 6.92 Å². The van der Waals surface area contributed by atoms with E-state index in [-0.39, 0.29) is 5.78 Å². The molecule has 0 saturated heterocycles. The first-order valence-corrected chi connectivity index (χ1v) is 6.21. The Hall–Kier alpha value is -2.62. The van der Waals surface area contributed by atoms with Crippen molar-refractivity contribution in [3.8, 4) is 5.75 Å². The molecular formula is C16H15NO3. The predicted octanol–water partition coefficient (Wildman–Crippen LogP) is 3.15. The van der Waals surface area contributed by atoms with Crippen molar-refractivity contribution in [1.82, 2.24) is 0 Å². The molecule has 102 valence electrons. The molecule has 0 aliphatic heterocycles. The van der Waals surface area contributed by atoms with Crippen LogP contribution in [0.4, 0.5) is 5.69 Å². The zero-order valence-corrected chi connectivity index (χ0v) is 11.3. The normalized spacial score (nSPS) is 9.90. The zero-order chi connectivity index (χ0) is 14.5. The minimum Gasteiger partial charge on any atom is -0.423 e. The number of esters is 1. The van der Waals surface area contributed by atoms with E-state index in [9.17, 15) is 9.59 Å². The van der Waals surface area contributed by atoms with E-state index < -0.39 is 5.97 Å². The van der Waals surface area contributed by atoms with Gasteiger partial charge in [0.2, 0.25) is 0 Å². The molecule has 0 bridgehead atoms. The van der Waals surface area contributed by atoms with Gasteiger partial charge in [-0.25, -0.2) is 4.79 Å². The van der Waals surface area contributed by atoms with Gasteiger partial charge in [-0.3, -0.25) is 4.79 Å². The molecule has 2 aromatic carbocycles. The van der Waals surface area contributed by atoms with Crippen LogP contribution in [0.25, 0.3) is 0 Å². The van der Waals surface area contributed by atoms with Crippen LogP contribution < -0.4 is 10.1 Å². The van der Waals surface area contributed by atoms with Crippen LogP contribution >= 0.6 is 0 Å². The van der Waals surface area contributed by atoms with Crippen LogP contribution in [0.3, 0.4) is 0 Å². The van der Waals surface area contributed by atoms with Crippen LogP contribution in [0.5, 0.6) is 5.75 Å². The molecule has 0 atom stereocenters. The van der Waals surface area contributed by atoms with Crippen LogP contribution in [-0.4, -0.2) is 18.8 Å². The highest BCUT2D eigenvalue weighted by atomic mass is 16.5. The van der Waals surface area contributed by atoms with Gasteiger partial charge in [-0.1, -0.05) is 0 Å². The summed E-state index contributed by atoms with van der Waals surface area (Å²) in [6.07, 6.45) is 0. The van der Waals surface area contributed by atoms with E-state index in [1.807, 2.05) is 7.05 Å². The van der Waals surface area contributed by atoms with Gasteiger partial charge in [0.1, 0.15) is 5.75 Å². The van der Waals surface area contributed by atoms with Crippen molar-refractivity contribution in [1.29, 1.82) is 0 Å². The van der Waals surface area contributed by atoms with Gasteiger partial charge in [-0.15, -0.1) is 0 Å². The standard InChI is InChI=1S/C16H15NO3/c1-11(18)12-5-9-15(10-6-12)20-16(19)13-3-7-14(17-2)8-4-13/h3-10,17H,1-2H3. The van der Waals surface area contributed by atoms with E-state index in [4.69, 9.17) is 4.74 Å². The molecular weight excluding hydrogens is 254 g/mol. The van der Waals surface area contributed by atoms with Crippen molar-refractivity contribution >= 4 is 17.4 Å². The molecule has 4 heteroatoms. The highest BCUT2D eigenvalue weighted by Gasteiger charge is 2.08. The maximum absolute atomic E-state index is 11.9. The zero-order valence-electron chi connectivity index (χ0n) is 11.3. The van der Waals surface area contributed by atoms with Crippen molar-refractivity contribution in [2.45, 2.75) is 6.92 Å². The molecule has 0 spiro atoms. The smallest absolute Gasteiger partial charge is 0.343 e. The molecule has 0 aliphatic carbocycles. The molecule has 0 aromatic heterocycles. The van der Waals surface area contributed by atoms with Crippen molar-refractivity contribution in [2.75, 3.05) is 12.4 Å². The van der Waals surface area contributed by atoms with Crippen LogP contribution in [-0.2, 0) is 0 Å². The number of hydrogen-bond donors (Lipinski definition) is 1. The monoisotopic (exact) mass is 269 g/mol. The minimum atomic E-state index is -0.428. The van der Waals surface area contributed by atoms with Crippen LogP contribution in [0.2, 0.25) is 0 Å². The molecule has 0 amide bonds. The van der Waals surface area contributed by atoms with E-state index >= 15 is 0 Å². The maximum atomic E-state index is 11.9. The number of ketones is 1. The quantitative estimate of drug-likeness (QED) is 0.526. The van der Waals surface area contributed by atoms with Crippen molar-refractivity contribution < 1.29 is 14.3 Å². The Bertz CT molecular complexity index is 615. The van der Waals surface area contributed by atoms with Gasteiger partial charge in [-0.2, -0.15) is 0 Å². The maximum Gasteiger partial charge on any atom is 0.343 e. The third kappa shape index (κ3) is 3.23. The summed E-state index contributed by atoms with van der Waals surface area (Å²) in [5.74, 6) is -0.0357. The fourth-order valence-corrected chi connectivity index (χ4v) is 1.70. The van der Waals surface area contributed by atoms with Gasteiger partial charge in [0, 0.05) is 18.3 Å². The van der Waals surface area contributed by atoms with Gasteiger partial charge < -0.3 is 10.1 Å². The minimum absolute atomic E-state index is 0.0227. The molecule has 1 N–H and O–H groups in total. The van der Waals surface area contributed by atoms with Gasteiger partial charge in [0.25, 0.3) is 0 Å². The number of benzene rings is 2. The second-order valence-corrected chi connectivity index (χ2v) is 4.30. The number of anilines is 1. The van der Waals surface area contributed by atoms with E-state index in [0.717, 1.165) is 5.69 Å². The molecule has 4 nitrogen and oxygen atoms in total. The molecule has 0 fully saturated rings. The summed E-state index contributed by atoms with van der Waals surface area (Å²) in [5, 5.41) is 2.98. The lowest BCUT2D eigenvalue weighted by Crippen LogP contribution is -2.08. The average molecular weight is 269 g/mol. The first-order valence-electron chi connectivity index (χ1n) is 6.21. The number of nitrogens with one attached hydrogen (secondary N) is 1. The highest BCUT2D eigenvalue weighted by Crippen LogP contribution is 2.15. The average Bonchev–Trinajstić information content (AvgIpc) is 2.48. The first kappa shape index (κ1) is 13.8. The van der Waals surface area contributed by atoms with Crippen molar-refractivity contribution in [3.05, 3.63) is 59.7 Å². The second-order valence-electron chi connectivity index (χ2n) is 4.30. The Kier molecular flexibility index (Phi) is 4.15. The van der Waals surface area contributed by atoms with Crippen molar-refractivity contribution in [3.63, 3.8) is 0 Å². The molecule has 2 aromatic rings. The molecule has 0 radical (unpaired) electrons. The summed E-state index contributed by atoms with van der Waals surface area (Å²) in [4.78, 5) is 23.1. The highest BCUT2D eigenvalue weighted by molar-refractivity contribution is 5.94. The molecule has 0 unspecified atom stereocenters. The second kappa shape index (κ2) is 6.02. The third-order valence-corrected chi connectivity index (χ3v) is 2.88.